The van der Waals surface area contributed by atoms with Crippen molar-refractivity contribution < 1.29 is 0 Å². The zero-order valence-electron chi connectivity index (χ0n) is 10.9. The lowest BCUT2D eigenvalue weighted by Crippen LogP contribution is -2.21. The summed E-state index contributed by atoms with van der Waals surface area (Å²) in [5.41, 5.74) is 7.51. The number of rotatable bonds is 1. The number of aryl methyl sites for hydroxylation is 1. The average Bonchev–Trinajstić information content (AvgIpc) is 2.41. The third-order valence-corrected chi connectivity index (χ3v) is 3.60. The highest BCUT2D eigenvalue weighted by molar-refractivity contribution is 6.32. The Balaban J connectivity index is 2.39. The number of pyridine rings is 1. The fourth-order valence-electron chi connectivity index (χ4n) is 2.32. The van der Waals surface area contributed by atoms with Gasteiger partial charge >= 0.3 is 0 Å². The lowest BCUT2D eigenvalue weighted by atomic mass is 10.1. The van der Waals surface area contributed by atoms with Crippen LogP contribution in [0.4, 0.5) is 5.82 Å². The van der Waals surface area contributed by atoms with E-state index in [1.807, 2.05) is 43.3 Å². The van der Waals surface area contributed by atoms with Gasteiger partial charge in [-0.3, -0.25) is 9.36 Å². The number of nitrogen functional groups attached to an aromatic ring is 1. The lowest BCUT2D eigenvalue weighted by Gasteiger charge is -2.13. The molecule has 2 aromatic carbocycles. The molecule has 0 saturated carbocycles. The first kappa shape index (κ1) is 12.8. The molecule has 3 aromatic rings. The molecule has 0 aliphatic heterocycles. The maximum Gasteiger partial charge on any atom is 0.264 e. The van der Waals surface area contributed by atoms with Crippen LogP contribution in [0.5, 0.6) is 0 Å². The lowest BCUT2D eigenvalue weighted by molar-refractivity contribution is 1.02. The topological polar surface area (TPSA) is 48.0 Å². The van der Waals surface area contributed by atoms with E-state index in [1.165, 1.54) is 4.57 Å². The molecule has 0 aliphatic carbocycles. The maximum atomic E-state index is 12.6. The Bertz CT molecular complexity index is 868. The van der Waals surface area contributed by atoms with E-state index in [4.69, 9.17) is 17.3 Å². The summed E-state index contributed by atoms with van der Waals surface area (Å²) < 4.78 is 1.45. The van der Waals surface area contributed by atoms with Crippen LogP contribution in [0.1, 0.15) is 5.56 Å². The van der Waals surface area contributed by atoms with Gasteiger partial charge in [0.25, 0.3) is 5.56 Å². The number of anilines is 1. The SMILES string of the molecule is Cc1ccc(-n2c(N)cc3ccccc3c2=O)c(Cl)c1. The molecular weight excluding hydrogens is 272 g/mol. The highest BCUT2D eigenvalue weighted by Gasteiger charge is 2.11. The molecule has 0 spiro atoms. The second kappa shape index (κ2) is 4.69. The summed E-state index contributed by atoms with van der Waals surface area (Å²) >= 11 is 6.24. The van der Waals surface area contributed by atoms with Crippen LogP contribution in [-0.2, 0) is 0 Å². The van der Waals surface area contributed by atoms with Gasteiger partial charge in [0.1, 0.15) is 5.82 Å². The molecule has 2 N–H and O–H groups in total. The van der Waals surface area contributed by atoms with Crippen LogP contribution in [0.3, 0.4) is 0 Å². The van der Waals surface area contributed by atoms with E-state index in [0.29, 0.717) is 21.9 Å². The van der Waals surface area contributed by atoms with E-state index in [0.717, 1.165) is 10.9 Å². The molecule has 0 fully saturated rings. The Morgan fingerprint density at radius 2 is 1.85 bits per heavy atom. The minimum Gasteiger partial charge on any atom is -0.385 e. The normalized spacial score (nSPS) is 10.9. The van der Waals surface area contributed by atoms with Gasteiger partial charge in [0.2, 0.25) is 0 Å². The summed E-state index contributed by atoms with van der Waals surface area (Å²) in [5.74, 6) is 0.374. The Morgan fingerprint density at radius 1 is 1.10 bits per heavy atom. The van der Waals surface area contributed by atoms with E-state index in [2.05, 4.69) is 0 Å². The molecule has 0 amide bonds. The standard InChI is InChI=1S/C16H13ClN2O/c1-10-6-7-14(13(17)8-10)19-15(18)9-11-4-2-3-5-12(11)16(19)20/h2-9H,18H2,1H3. The number of fused-ring (bicyclic) bond motifs is 1. The van der Waals surface area contributed by atoms with Crippen molar-refractivity contribution >= 4 is 28.2 Å². The quantitative estimate of drug-likeness (QED) is 0.743. The number of aromatic nitrogens is 1. The van der Waals surface area contributed by atoms with Crippen molar-refractivity contribution in [2.45, 2.75) is 6.92 Å². The fourth-order valence-corrected chi connectivity index (χ4v) is 2.64. The van der Waals surface area contributed by atoms with Crippen LogP contribution in [-0.4, -0.2) is 4.57 Å². The number of halogens is 1. The van der Waals surface area contributed by atoms with Crippen molar-refractivity contribution in [1.29, 1.82) is 0 Å². The Labute approximate surface area is 121 Å². The van der Waals surface area contributed by atoms with Crippen molar-refractivity contribution in [3.8, 4) is 5.69 Å². The number of hydrogen-bond donors (Lipinski definition) is 1. The second-order valence-electron chi connectivity index (χ2n) is 4.75. The number of hydrogen-bond acceptors (Lipinski definition) is 2. The monoisotopic (exact) mass is 284 g/mol. The van der Waals surface area contributed by atoms with Crippen LogP contribution in [0.25, 0.3) is 16.5 Å². The zero-order valence-corrected chi connectivity index (χ0v) is 11.7. The summed E-state index contributed by atoms with van der Waals surface area (Å²) in [4.78, 5) is 12.6. The van der Waals surface area contributed by atoms with E-state index in [9.17, 15) is 4.79 Å². The van der Waals surface area contributed by atoms with Gasteiger partial charge in [-0.05, 0) is 42.1 Å². The first-order chi connectivity index (χ1) is 9.58. The molecule has 0 aliphatic rings. The second-order valence-corrected chi connectivity index (χ2v) is 5.16. The van der Waals surface area contributed by atoms with E-state index < -0.39 is 0 Å². The van der Waals surface area contributed by atoms with Crippen LogP contribution in [0.2, 0.25) is 5.02 Å². The maximum absolute atomic E-state index is 12.6. The van der Waals surface area contributed by atoms with Gasteiger partial charge in [-0.25, -0.2) is 0 Å². The van der Waals surface area contributed by atoms with Gasteiger partial charge in [-0.1, -0.05) is 35.9 Å². The zero-order chi connectivity index (χ0) is 14.3. The van der Waals surface area contributed by atoms with Crippen LogP contribution in [0.15, 0.2) is 53.3 Å². The molecule has 3 rings (SSSR count). The van der Waals surface area contributed by atoms with Crippen molar-refractivity contribution in [2.75, 3.05) is 5.73 Å². The summed E-state index contributed by atoms with van der Waals surface area (Å²) in [6, 6.07) is 14.7. The summed E-state index contributed by atoms with van der Waals surface area (Å²) in [6.07, 6.45) is 0. The molecule has 100 valence electrons. The average molecular weight is 285 g/mol. The van der Waals surface area contributed by atoms with Crippen LogP contribution in [0, 0.1) is 6.92 Å². The van der Waals surface area contributed by atoms with E-state index in [1.54, 1.807) is 12.1 Å². The first-order valence-electron chi connectivity index (χ1n) is 6.25. The minimum absolute atomic E-state index is 0.161. The third-order valence-electron chi connectivity index (χ3n) is 3.30. The van der Waals surface area contributed by atoms with Gasteiger partial charge in [-0.15, -0.1) is 0 Å². The molecule has 0 unspecified atom stereocenters. The van der Waals surface area contributed by atoms with Crippen LogP contribution < -0.4 is 11.3 Å². The minimum atomic E-state index is -0.161. The molecule has 0 bridgehead atoms. The Kier molecular flexibility index (Phi) is 2.99. The summed E-state index contributed by atoms with van der Waals surface area (Å²) in [7, 11) is 0. The molecule has 0 saturated heterocycles. The molecule has 1 aromatic heterocycles. The highest BCUT2D eigenvalue weighted by Crippen LogP contribution is 2.24. The van der Waals surface area contributed by atoms with Crippen molar-refractivity contribution in [2.24, 2.45) is 0 Å². The molecule has 3 nitrogen and oxygen atoms in total. The highest BCUT2D eigenvalue weighted by atomic mass is 35.5. The van der Waals surface area contributed by atoms with Crippen molar-refractivity contribution in [3.63, 3.8) is 0 Å². The van der Waals surface area contributed by atoms with Crippen molar-refractivity contribution in [3.05, 3.63) is 69.5 Å². The van der Waals surface area contributed by atoms with Gasteiger partial charge in [0.15, 0.2) is 0 Å². The molecule has 4 heteroatoms. The number of nitrogens with zero attached hydrogens (tertiary/aromatic N) is 1. The smallest absolute Gasteiger partial charge is 0.264 e. The molecule has 20 heavy (non-hydrogen) atoms. The molecule has 0 radical (unpaired) electrons. The largest absolute Gasteiger partial charge is 0.385 e. The Hall–Kier alpha value is -2.26. The fraction of sp³-hybridized carbons (Fsp3) is 0.0625. The van der Waals surface area contributed by atoms with E-state index in [-0.39, 0.29) is 5.56 Å². The predicted molar refractivity (Wildman–Crippen MR) is 83.7 cm³/mol. The van der Waals surface area contributed by atoms with Gasteiger partial charge < -0.3 is 5.73 Å². The van der Waals surface area contributed by atoms with Gasteiger partial charge in [0, 0.05) is 5.39 Å². The van der Waals surface area contributed by atoms with Gasteiger partial charge in [0.05, 0.1) is 10.7 Å². The number of benzene rings is 2. The summed E-state index contributed by atoms with van der Waals surface area (Å²) in [5, 5.41) is 1.96. The predicted octanol–water partition coefficient (Wildman–Crippen LogP) is 3.53. The first-order valence-corrected chi connectivity index (χ1v) is 6.62. The van der Waals surface area contributed by atoms with Crippen LogP contribution >= 0.6 is 11.6 Å². The van der Waals surface area contributed by atoms with Crippen molar-refractivity contribution in [1.82, 2.24) is 4.57 Å². The third kappa shape index (κ3) is 1.96. The molecule has 1 heterocycles. The number of nitrogens with two attached hydrogens (primary N) is 1. The Morgan fingerprint density at radius 3 is 2.60 bits per heavy atom. The summed E-state index contributed by atoms with van der Waals surface area (Å²) in [6.45, 7) is 1.95. The van der Waals surface area contributed by atoms with Gasteiger partial charge in [-0.2, -0.15) is 0 Å². The molecular formula is C16H13ClN2O. The van der Waals surface area contributed by atoms with E-state index >= 15 is 0 Å². The molecule has 0 atom stereocenters.